The van der Waals surface area contributed by atoms with Gasteiger partial charge in [-0.1, -0.05) is 60.9 Å². The van der Waals surface area contributed by atoms with E-state index >= 15 is 0 Å². The third-order valence-corrected chi connectivity index (χ3v) is 3.90. The molecule has 0 bridgehead atoms. The van der Waals surface area contributed by atoms with Gasteiger partial charge in [-0.15, -0.1) is 0 Å². The Morgan fingerprint density at radius 3 is 2.53 bits per heavy atom. The van der Waals surface area contributed by atoms with E-state index in [1.165, 1.54) is 37.0 Å². The highest BCUT2D eigenvalue weighted by Crippen LogP contribution is 2.14. The van der Waals surface area contributed by atoms with Crippen LogP contribution in [0.25, 0.3) is 0 Å². The predicted octanol–water partition coefficient (Wildman–Crippen LogP) is 5.62. The Labute approximate surface area is 114 Å². The Morgan fingerprint density at radius 1 is 1.00 bits per heavy atom. The molecule has 0 nitrogen and oxygen atoms in total. The molecule has 0 aliphatic carbocycles. The van der Waals surface area contributed by atoms with Crippen LogP contribution >= 0.6 is 23.4 Å². The first-order valence-corrected chi connectivity index (χ1v) is 7.89. The molecule has 0 fully saturated rings. The maximum atomic E-state index is 5.46. The largest absolute Gasteiger partial charge is 0.157 e. The zero-order chi connectivity index (χ0) is 12.2. The van der Waals surface area contributed by atoms with Gasteiger partial charge in [-0.3, -0.25) is 0 Å². The molecule has 1 aromatic carbocycles. The van der Waals surface area contributed by atoms with Crippen molar-refractivity contribution in [1.29, 1.82) is 0 Å². The van der Waals surface area contributed by atoms with Gasteiger partial charge in [-0.05, 0) is 30.6 Å². The Bertz CT molecular complexity index is 295. The number of thioether (sulfide) groups is 1. The van der Waals surface area contributed by atoms with Crippen LogP contribution in [0.1, 0.15) is 37.7 Å². The lowest BCUT2D eigenvalue weighted by Crippen LogP contribution is -1.84. The Kier molecular flexibility index (Phi) is 9.26. The third kappa shape index (κ3) is 8.34. The molecule has 1 aromatic rings. The highest BCUT2D eigenvalue weighted by Gasteiger charge is 1.93. The molecule has 94 valence electrons. The molecule has 0 saturated carbocycles. The topological polar surface area (TPSA) is 0 Å². The van der Waals surface area contributed by atoms with E-state index in [1.54, 1.807) is 5.54 Å². The predicted molar refractivity (Wildman–Crippen MR) is 80.7 cm³/mol. The van der Waals surface area contributed by atoms with Crippen molar-refractivity contribution in [3.63, 3.8) is 0 Å². The second kappa shape index (κ2) is 10.7. The SMILES string of the molecule is Cl/C=C\CCCCCCSCc1ccccc1. The van der Waals surface area contributed by atoms with E-state index in [-0.39, 0.29) is 0 Å². The highest BCUT2D eigenvalue weighted by atomic mass is 35.5. The van der Waals surface area contributed by atoms with E-state index in [0.717, 1.165) is 12.2 Å². The van der Waals surface area contributed by atoms with Crippen LogP contribution < -0.4 is 0 Å². The minimum atomic E-state index is 1.13. The summed E-state index contributed by atoms with van der Waals surface area (Å²) in [4.78, 5) is 0. The summed E-state index contributed by atoms with van der Waals surface area (Å²) in [5.74, 6) is 2.43. The highest BCUT2D eigenvalue weighted by molar-refractivity contribution is 7.98. The summed E-state index contributed by atoms with van der Waals surface area (Å²) in [7, 11) is 0. The smallest absolute Gasteiger partial charge is 0.0184 e. The summed E-state index contributed by atoms with van der Waals surface area (Å²) in [6.45, 7) is 0. The van der Waals surface area contributed by atoms with Gasteiger partial charge in [0, 0.05) is 11.3 Å². The van der Waals surface area contributed by atoms with E-state index < -0.39 is 0 Å². The van der Waals surface area contributed by atoms with Crippen LogP contribution in [0.5, 0.6) is 0 Å². The summed E-state index contributed by atoms with van der Waals surface area (Å²) in [6, 6.07) is 10.7. The first-order chi connectivity index (χ1) is 8.43. The molecule has 2 heteroatoms. The number of unbranched alkanes of at least 4 members (excludes halogenated alkanes) is 4. The van der Waals surface area contributed by atoms with Crippen LogP contribution in [0, 0.1) is 0 Å². The maximum absolute atomic E-state index is 5.46. The lowest BCUT2D eigenvalue weighted by molar-refractivity contribution is 0.678. The number of hydrogen-bond donors (Lipinski definition) is 0. The van der Waals surface area contributed by atoms with E-state index in [1.807, 2.05) is 17.8 Å². The molecular formula is C15H21ClS. The van der Waals surface area contributed by atoms with Crippen LogP contribution in [-0.4, -0.2) is 5.75 Å². The van der Waals surface area contributed by atoms with Crippen LogP contribution in [0.3, 0.4) is 0 Å². The van der Waals surface area contributed by atoms with Gasteiger partial charge in [0.05, 0.1) is 0 Å². The maximum Gasteiger partial charge on any atom is 0.0184 e. The van der Waals surface area contributed by atoms with Crippen molar-refractivity contribution < 1.29 is 0 Å². The number of hydrogen-bond acceptors (Lipinski definition) is 1. The number of benzene rings is 1. The normalized spacial score (nSPS) is 11.1. The number of rotatable bonds is 9. The van der Waals surface area contributed by atoms with E-state index in [4.69, 9.17) is 11.6 Å². The Balaban J connectivity index is 1.88. The van der Waals surface area contributed by atoms with Crippen LogP contribution in [-0.2, 0) is 5.75 Å². The van der Waals surface area contributed by atoms with Crippen molar-refractivity contribution in [2.24, 2.45) is 0 Å². The minimum Gasteiger partial charge on any atom is -0.157 e. The zero-order valence-corrected chi connectivity index (χ0v) is 11.8. The molecule has 0 unspecified atom stereocenters. The van der Waals surface area contributed by atoms with Gasteiger partial charge in [0.2, 0.25) is 0 Å². The monoisotopic (exact) mass is 268 g/mol. The fourth-order valence-electron chi connectivity index (χ4n) is 1.65. The molecule has 0 N–H and O–H groups in total. The van der Waals surface area contributed by atoms with E-state index in [9.17, 15) is 0 Å². The number of allylic oxidation sites excluding steroid dienone is 1. The van der Waals surface area contributed by atoms with Crippen molar-refractivity contribution in [2.75, 3.05) is 5.75 Å². The molecule has 0 aliphatic heterocycles. The fraction of sp³-hybridized carbons (Fsp3) is 0.467. The second-order valence-corrected chi connectivity index (χ2v) is 5.46. The first-order valence-electron chi connectivity index (χ1n) is 6.30. The van der Waals surface area contributed by atoms with Gasteiger partial charge in [0.1, 0.15) is 0 Å². The van der Waals surface area contributed by atoms with Gasteiger partial charge in [0.25, 0.3) is 0 Å². The molecule has 0 spiro atoms. The third-order valence-electron chi connectivity index (χ3n) is 2.61. The molecule has 0 aromatic heterocycles. The van der Waals surface area contributed by atoms with Gasteiger partial charge in [-0.25, -0.2) is 0 Å². The molecule has 0 aliphatic rings. The quantitative estimate of drug-likeness (QED) is 0.524. The minimum absolute atomic E-state index is 1.13. The Hall–Kier alpha value is -0.400. The van der Waals surface area contributed by atoms with E-state index in [2.05, 4.69) is 30.3 Å². The molecule has 1 rings (SSSR count). The molecule has 0 radical (unpaired) electrons. The summed E-state index contributed by atoms with van der Waals surface area (Å²) < 4.78 is 0. The van der Waals surface area contributed by atoms with Gasteiger partial charge in [0.15, 0.2) is 0 Å². The van der Waals surface area contributed by atoms with Gasteiger partial charge >= 0.3 is 0 Å². The lowest BCUT2D eigenvalue weighted by Gasteiger charge is -2.02. The fourth-order valence-corrected chi connectivity index (χ4v) is 2.75. The molecule has 0 heterocycles. The Morgan fingerprint density at radius 2 is 1.76 bits per heavy atom. The molecular weight excluding hydrogens is 248 g/mol. The zero-order valence-electron chi connectivity index (χ0n) is 10.3. The van der Waals surface area contributed by atoms with E-state index in [0.29, 0.717) is 0 Å². The van der Waals surface area contributed by atoms with Crippen molar-refractivity contribution in [3.05, 3.63) is 47.5 Å². The molecule has 0 amide bonds. The van der Waals surface area contributed by atoms with Crippen LogP contribution in [0.4, 0.5) is 0 Å². The number of halogens is 1. The van der Waals surface area contributed by atoms with Crippen molar-refractivity contribution in [2.45, 2.75) is 37.9 Å². The average molecular weight is 269 g/mol. The standard InChI is InChI=1S/C15H21ClS/c16-12-8-3-1-2-4-9-13-17-14-15-10-6-5-7-11-15/h5-8,10-12H,1-4,9,13-14H2/b12-8-. The molecule has 0 saturated heterocycles. The second-order valence-electron chi connectivity index (χ2n) is 4.10. The average Bonchev–Trinajstić information content (AvgIpc) is 2.38. The summed E-state index contributed by atoms with van der Waals surface area (Å²) in [5.41, 5.74) is 3.06. The summed E-state index contributed by atoms with van der Waals surface area (Å²) >= 11 is 7.50. The van der Waals surface area contributed by atoms with Crippen molar-refractivity contribution in [3.8, 4) is 0 Å². The first kappa shape index (κ1) is 14.7. The summed E-state index contributed by atoms with van der Waals surface area (Å²) in [6.07, 6.45) is 8.44. The summed E-state index contributed by atoms with van der Waals surface area (Å²) in [5, 5.41) is 0. The van der Waals surface area contributed by atoms with Crippen molar-refractivity contribution >= 4 is 23.4 Å². The lowest BCUT2D eigenvalue weighted by atomic mass is 10.1. The van der Waals surface area contributed by atoms with Crippen LogP contribution in [0.2, 0.25) is 0 Å². The van der Waals surface area contributed by atoms with Gasteiger partial charge in [-0.2, -0.15) is 11.8 Å². The molecule has 17 heavy (non-hydrogen) atoms. The van der Waals surface area contributed by atoms with Gasteiger partial charge < -0.3 is 0 Å². The van der Waals surface area contributed by atoms with Crippen molar-refractivity contribution in [1.82, 2.24) is 0 Å². The van der Waals surface area contributed by atoms with Crippen LogP contribution in [0.15, 0.2) is 41.9 Å². The molecule has 0 atom stereocenters.